The lowest BCUT2D eigenvalue weighted by Gasteiger charge is -2.09. The number of phenolic OH excluding ortho intramolecular Hbond substituents is 2. The second-order valence-corrected chi connectivity index (χ2v) is 8.92. The normalized spacial score (nSPS) is 11.6. The summed E-state index contributed by atoms with van der Waals surface area (Å²) in [5, 5.41) is 20.9. The predicted octanol–water partition coefficient (Wildman–Crippen LogP) is 4.32. The van der Waals surface area contributed by atoms with Gasteiger partial charge in [-0.15, -0.1) is 0 Å². The zero-order valence-corrected chi connectivity index (χ0v) is 16.9. The molecule has 5 nitrogen and oxygen atoms in total. The molecule has 0 atom stereocenters. The van der Waals surface area contributed by atoms with E-state index in [9.17, 15) is 18.6 Å². The monoisotopic (exact) mass is 419 g/mol. The Hall–Kier alpha value is -3.35. The van der Waals surface area contributed by atoms with E-state index in [1.54, 1.807) is 24.3 Å². The summed E-state index contributed by atoms with van der Waals surface area (Å²) in [4.78, 5) is 0.241. The van der Waals surface area contributed by atoms with E-state index < -0.39 is 10.0 Å². The molecule has 0 heterocycles. The van der Waals surface area contributed by atoms with Gasteiger partial charge in [-0.3, -0.25) is 0 Å². The molecule has 0 saturated heterocycles. The maximum absolute atomic E-state index is 12.7. The number of hydrogen-bond acceptors (Lipinski definition) is 4. The first-order valence-corrected chi connectivity index (χ1v) is 11.0. The van der Waals surface area contributed by atoms with Gasteiger partial charge in [0.1, 0.15) is 0 Å². The number of sulfonamides is 1. The summed E-state index contributed by atoms with van der Waals surface area (Å²) in [6, 6.07) is 25.1. The fourth-order valence-electron chi connectivity index (χ4n) is 3.29. The molecule has 4 aromatic rings. The molecular formula is C24H21NO4S. The number of phenols is 2. The second kappa shape index (κ2) is 8.18. The maximum atomic E-state index is 12.7. The highest BCUT2D eigenvalue weighted by molar-refractivity contribution is 7.89. The summed E-state index contributed by atoms with van der Waals surface area (Å²) in [6.07, 6.45) is 0.594. The van der Waals surface area contributed by atoms with Crippen molar-refractivity contribution in [3.8, 4) is 11.5 Å². The Labute approximate surface area is 175 Å². The average molecular weight is 420 g/mol. The summed E-state index contributed by atoms with van der Waals surface area (Å²) in [5.74, 6) is -0.292. The zero-order chi connectivity index (χ0) is 21.1. The highest BCUT2D eigenvalue weighted by Crippen LogP contribution is 2.26. The van der Waals surface area contributed by atoms with Gasteiger partial charge in [0, 0.05) is 6.54 Å². The van der Waals surface area contributed by atoms with E-state index in [-0.39, 0.29) is 22.9 Å². The van der Waals surface area contributed by atoms with Crippen LogP contribution in [0.25, 0.3) is 10.8 Å². The zero-order valence-electron chi connectivity index (χ0n) is 16.1. The van der Waals surface area contributed by atoms with Gasteiger partial charge in [0.05, 0.1) is 4.90 Å². The molecule has 0 fully saturated rings. The lowest BCUT2D eigenvalue weighted by atomic mass is 10.0. The highest BCUT2D eigenvalue weighted by atomic mass is 32.2. The van der Waals surface area contributed by atoms with Crippen LogP contribution in [0.15, 0.2) is 89.8 Å². The van der Waals surface area contributed by atoms with Gasteiger partial charge in [0.2, 0.25) is 10.0 Å². The van der Waals surface area contributed by atoms with Crippen LogP contribution >= 0.6 is 0 Å². The molecule has 0 saturated carbocycles. The maximum Gasteiger partial charge on any atom is 0.240 e. The molecule has 0 aliphatic carbocycles. The lowest BCUT2D eigenvalue weighted by Crippen LogP contribution is -2.23. The fraction of sp³-hybridized carbons (Fsp3) is 0.0833. The van der Waals surface area contributed by atoms with Crippen LogP contribution in [0.1, 0.15) is 16.7 Å². The first-order chi connectivity index (χ1) is 14.4. The van der Waals surface area contributed by atoms with E-state index >= 15 is 0 Å². The molecule has 6 heteroatoms. The van der Waals surface area contributed by atoms with Gasteiger partial charge in [-0.25, -0.2) is 13.1 Å². The van der Waals surface area contributed by atoms with Crippen molar-refractivity contribution in [1.29, 1.82) is 0 Å². The largest absolute Gasteiger partial charge is 0.504 e. The van der Waals surface area contributed by atoms with Crippen LogP contribution in [0, 0.1) is 0 Å². The van der Waals surface area contributed by atoms with Crippen molar-refractivity contribution in [1.82, 2.24) is 4.72 Å². The third kappa shape index (κ3) is 4.45. The Morgan fingerprint density at radius 1 is 0.667 bits per heavy atom. The third-order valence-corrected chi connectivity index (χ3v) is 6.37. The second-order valence-electron chi connectivity index (χ2n) is 7.15. The number of rotatable bonds is 6. The molecule has 3 N–H and O–H groups in total. The van der Waals surface area contributed by atoms with Crippen LogP contribution in [0.4, 0.5) is 0 Å². The van der Waals surface area contributed by atoms with Crippen LogP contribution in [-0.4, -0.2) is 18.6 Å². The molecule has 0 spiro atoms. The Balaban J connectivity index is 1.43. The van der Waals surface area contributed by atoms with Gasteiger partial charge in [-0.2, -0.15) is 0 Å². The molecule has 4 rings (SSSR count). The average Bonchev–Trinajstić information content (AvgIpc) is 2.75. The van der Waals surface area contributed by atoms with Crippen LogP contribution in [0.2, 0.25) is 0 Å². The van der Waals surface area contributed by atoms with Gasteiger partial charge >= 0.3 is 0 Å². The smallest absolute Gasteiger partial charge is 0.240 e. The van der Waals surface area contributed by atoms with Crippen LogP contribution < -0.4 is 4.72 Å². The summed E-state index contributed by atoms with van der Waals surface area (Å²) >= 11 is 0. The molecule has 0 aromatic heterocycles. The van der Waals surface area contributed by atoms with Crippen molar-refractivity contribution in [3.05, 3.63) is 102 Å². The Kier molecular flexibility index (Phi) is 5.44. The van der Waals surface area contributed by atoms with Gasteiger partial charge in [-0.05, 0) is 58.1 Å². The molecule has 0 radical (unpaired) electrons. The highest BCUT2D eigenvalue weighted by Gasteiger charge is 2.14. The van der Waals surface area contributed by atoms with Gasteiger partial charge in [0.15, 0.2) is 11.5 Å². The van der Waals surface area contributed by atoms with E-state index in [4.69, 9.17) is 0 Å². The summed E-state index contributed by atoms with van der Waals surface area (Å²) in [6.45, 7) is 0.190. The molecule has 0 aliphatic heterocycles. The van der Waals surface area contributed by atoms with E-state index in [1.165, 1.54) is 12.1 Å². The van der Waals surface area contributed by atoms with Crippen LogP contribution in [-0.2, 0) is 23.0 Å². The molecule has 4 aromatic carbocycles. The molecule has 152 valence electrons. The van der Waals surface area contributed by atoms with E-state index in [2.05, 4.69) is 4.72 Å². The molecule has 0 unspecified atom stereocenters. The summed E-state index contributed by atoms with van der Waals surface area (Å²) in [7, 11) is -3.62. The molecule has 30 heavy (non-hydrogen) atoms. The van der Waals surface area contributed by atoms with Crippen LogP contribution in [0.5, 0.6) is 11.5 Å². The molecule has 0 aliphatic rings. The van der Waals surface area contributed by atoms with Crippen LogP contribution in [0.3, 0.4) is 0 Å². The van der Waals surface area contributed by atoms with Crippen molar-refractivity contribution in [2.45, 2.75) is 17.9 Å². The Bertz CT molecular complexity index is 1300. The Morgan fingerprint density at radius 2 is 1.33 bits per heavy atom. The standard InChI is InChI=1S/C24H21NO4S/c26-23-12-9-19(14-24(23)27)13-17-5-7-18(8-6-17)16-25-30(28,29)22-11-10-20-3-1-2-4-21(20)15-22/h1-12,14-15,25-27H,13,16H2. The van der Waals surface area contributed by atoms with Crippen molar-refractivity contribution in [3.63, 3.8) is 0 Å². The van der Waals surface area contributed by atoms with Crippen molar-refractivity contribution >= 4 is 20.8 Å². The van der Waals surface area contributed by atoms with Crippen molar-refractivity contribution in [2.75, 3.05) is 0 Å². The first kappa shape index (κ1) is 19.9. The summed E-state index contributed by atoms with van der Waals surface area (Å²) < 4.78 is 28.0. The van der Waals surface area contributed by atoms with Crippen molar-refractivity contribution < 1.29 is 18.6 Å². The van der Waals surface area contributed by atoms with E-state index in [0.717, 1.165) is 27.5 Å². The number of fused-ring (bicyclic) bond motifs is 1. The number of benzene rings is 4. The molecule has 0 amide bonds. The number of nitrogens with one attached hydrogen (secondary N) is 1. The Morgan fingerprint density at radius 3 is 2.07 bits per heavy atom. The predicted molar refractivity (Wildman–Crippen MR) is 117 cm³/mol. The topological polar surface area (TPSA) is 86.6 Å². The first-order valence-electron chi connectivity index (χ1n) is 9.48. The number of hydrogen-bond donors (Lipinski definition) is 3. The van der Waals surface area contributed by atoms with Gasteiger partial charge in [0.25, 0.3) is 0 Å². The third-order valence-electron chi connectivity index (χ3n) is 4.97. The summed E-state index contributed by atoms with van der Waals surface area (Å²) in [5.41, 5.74) is 2.73. The molecule has 0 bridgehead atoms. The quantitative estimate of drug-likeness (QED) is 0.406. The minimum atomic E-state index is -3.62. The van der Waals surface area contributed by atoms with E-state index in [1.807, 2.05) is 48.5 Å². The fourth-order valence-corrected chi connectivity index (χ4v) is 4.34. The van der Waals surface area contributed by atoms with Gasteiger partial charge < -0.3 is 10.2 Å². The molecular weight excluding hydrogens is 398 g/mol. The van der Waals surface area contributed by atoms with Gasteiger partial charge in [-0.1, -0.05) is 60.7 Å². The minimum absolute atomic E-state index is 0.146. The number of aromatic hydroxyl groups is 2. The van der Waals surface area contributed by atoms with Crippen molar-refractivity contribution in [2.24, 2.45) is 0 Å². The minimum Gasteiger partial charge on any atom is -0.504 e. The lowest BCUT2D eigenvalue weighted by molar-refractivity contribution is 0.403. The van der Waals surface area contributed by atoms with E-state index in [0.29, 0.717) is 6.42 Å². The SMILES string of the molecule is O=S(=O)(NCc1ccc(Cc2ccc(O)c(O)c2)cc1)c1ccc2ccccc2c1.